The van der Waals surface area contributed by atoms with Gasteiger partial charge in [0.25, 0.3) is 0 Å². The number of fused-ring (bicyclic) bond motifs is 1. The molecule has 154 valence electrons. The van der Waals surface area contributed by atoms with Gasteiger partial charge in [0.1, 0.15) is 24.4 Å². The van der Waals surface area contributed by atoms with E-state index in [0.717, 1.165) is 0 Å². The number of cyclic esters (lactones) is 1. The summed E-state index contributed by atoms with van der Waals surface area (Å²) in [4.78, 5) is 12.0. The third kappa shape index (κ3) is 3.81. The third-order valence-electron chi connectivity index (χ3n) is 5.07. The molecule has 0 aromatic heterocycles. The molecular weight excluding hydrogens is 360 g/mol. The molecule has 0 aromatic rings. The van der Waals surface area contributed by atoms with Gasteiger partial charge < -0.3 is 37.9 Å². The van der Waals surface area contributed by atoms with Crippen molar-refractivity contribution in [2.24, 2.45) is 0 Å². The lowest BCUT2D eigenvalue weighted by Crippen LogP contribution is -2.63. The highest BCUT2D eigenvalue weighted by Crippen LogP contribution is 2.41. The minimum Gasteiger partial charge on any atom is -0.426 e. The Labute approximate surface area is 158 Å². The predicted molar refractivity (Wildman–Crippen MR) is 88.8 cm³/mol. The predicted octanol–water partition coefficient (Wildman–Crippen LogP) is 1.71. The highest BCUT2D eigenvalue weighted by atomic mass is 16.8. The van der Waals surface area contributed by atoms with E-state index in [1.807, 2.05) is 27.7 Å². The first-order valence-corrected chi connectivity index (χ1v) is 9.31. The van der Waals surface area contributed by atoms with Gasteiger partial charge in [0.05, 0.1) is 13.2 Å². The molecule has 9 heteroatoms. The summed E-state index contributed by atoms with van der Waals surface area (Å²) in [5, 5.41) is 0. The molecule has 0 N–H and O–H groups in total. The first-order chi connectivity index (χ1) is 12.4. The second-order valence-electron chi connectivity index (χ2n) is 8.71. The van der Waals surface area contributed by atoms with E-state index in [0.29, 0.717) is 6.61 Å². The average Bonchev–Trinajstić information content (AvgIpc) is 3.05. The highest BCUT2D eigenvalue weighted by Gasteiger charge is 2.59. The van der Waals surface area contributed by atoms with Crippen LogP contribution in [0.3, 0.4) is 0 Å². The van der Waals surface area contributed by atoms with Gasteiger partial charge in [-0.1, -0.05) is 0 Å². The van der Waals surface area contributed by atoms with Crippen molar-refractivity contribution in [1.82, 2.24) is 0 Å². The Balaban J connectivity index is 1.60. The molecule has 0 aromatic carbocycles. The molecule has 4 saturated heterocycles. The van der Waals surface area contributed by atoms with Crippen LogP contribution in [0.4, 0.5) is 4.79 Å². The van der Waals surface area contributed by atoms with Crippen LogP contribution in [0.5, 0.6) is 0 Å². The first kappa shape index (κ1) is 19.4. The number of hydrogen-bond donors (Lipinski definition) is 0. The molecule has 6 atom stereocenters. The molecule has 0 saturated carbocycles. The number of rotatable bonds is 2. The summed E-state index contributed by atoms with van der Waals surface area (Å²) in [6, 6.07) is 0. The Hall–Kier alpha value is -0.970. The summed E-state index contributed by atoms with van der Waals surface area (Å²) in [5.41, 5.74) is 0. The molecule has 0 radical (unpaired) electrons. The van der Waals surface area contributed by atoms with Gasteiger partial charge in [-0.15, -0.1) is 0 Å². The fourth-order valence-corrected chi connectivity index (χ4v) is 4.01. The lowest BCUT2D eigenvalue weighted by atomic mass is 9.94. The van der Waals surface area contributed by atoms with Crippen molar-refractivity contribution in [3.8, 4) is 0 Å². The molecule has 0 unspecified atom stereocenters. The number of hydrogen-bond acceptors (Lipinski definition) is 9. The van der Waals surface area contributed by atoms with Crippen molar-refractivity contribution in [3.63, 3.8) is 0 Å². The first-order valence-electron chi connectivity index (χ1n) is 9.31. The molecule has 0 spiro atoms. The van der Waals surface area contributed by atoms with E-state index in [1.165, 1.54) is 0 Å². The normalized spacial score (nSPS) is 45.0. The van der Waals surface area contributed by atoms with Gasteiger partial charge in [-0.05, 0) is 41.5 Å². The summed E-state index contributed by atoms with van der Waals surface area (Å²) in [7, 11) is 0. The van der Waals surface area contributed by atoms with Crippen LogP contribution < -0.4 is 0 Å². The van der Waals surface area contributed by atoms with E-state index in [9.17, 15) is 4.79 Å². The Bertz CT molecular complexity index is 602. The van der Waals surface area contributed by atoms with Crippen molar-refractivity contribution in [1.29, 1.82) is 0 Å². The van der Waals surface area contributed by atoms with Crippen molar-refractivity contribution < 1.29 is 42.7 Å². The van der Waals surface area contributed by atoms with E-state index in [1.54, 1.807) is 13.8 Å². The van der Waals surface area contributed by atoms with E-state index >= 15 is 0 Å². The van der Waals surface area contributed by atoms with Gasteiger partial charge in [-0.25, -0.2) is 4.79 Å². The van der Waals surface area contributed by atoms with Crippen molar-refractivity contribution >= 4 is 6.16 Å². The molecule has 4 aliphatic heterocycles. The molecule has 27 heavy (non-hydrogen) atoms. The molecule has 0 bridgehead atoms. The lowest BCUT2D eigenvalue weighted by molar-refractivity contribution is -0.340. The summed E-state index contributed by atoms with van der Waals surface area (Å²) >= 11 is 0. The summed E-state index contributed by atoms with van der Waals surface area (Å²) in [6.07, 6.45) is -4.08. The second kappa shape index (κ2) is 6.27. The van der Waals surface area contributed by atoms with Crippen LogP contribution in [0.1, 0.15) is 41.5 Å². The maximum absolute atomic E-state index is 12.0. The molecule has 4 rings (SSSR count). The zero-order valence-electron chi connectivity index (χ0n) is 16.6. The van der Waals surface area contributed by atoms with E-state index in [-0.39, 0.29) is 12.7 Å². The number of ether oxygens (including phenoxy) is 8. The Morgan fingerprint density at radius 1 is 0.630 bits per heavy atom. The number of carbonyl (C=O) groups excluding carboxylic acids is 1. The topological polar surface area (TPSA) is 90.9 Å². The van der Waals surface area contributed by atoms with E-state index < -0.39 is 54.0 Å². The Morgan fingerprint density at radius 2 is 1.15 bits per heavy atom. The molecule has 0 amide bonds. The van der Waals surface area contributed by atoms with E-state index in [4.69, 9.17) is 37.9 Å². The monoisotopic (exact) mass is 388 g/mol. The lowest BCUT2D eigenvalue weighted by Gasteiger charge is -2.46. The van der Waals surface area contributed by atoms with Gasteiger partial charge in [0.15, 0.2) is 29.6 Å². The van der Waals surface area contributed by atoms with Crippen LogP contribution in [0.25, 0.3) is 0 Å². The SMILES string of the molecule is CC1(C)OC[C@@H]2OC(=O)O[C@@H]([C@H]3OC(C)(C)O[C@@H]3[C@H]3COC(C)(C)O3)[C@H]2O1. The molecule has 4 fully saturated rings. The van der Waals surface area contributed by atoms with Gasteiger partial charge in [-0.3, -0.25) is 0 Å². The zero-order chi connectivity index (χ0) is 19.6. The van der Waals surface area contributed by atoms with Gasteiger partial charge in [-0.2, -0.15) is 0 Å². The Kier molecular flexibility index (Phi) is 4.49. The second-order valence-corrected chi connectivity index (χ2v) is 8.71. The highest BCUT2D eigenvalue weighted by molar-refractivity contribution is 5.61. The van der Waals surface area contributed by atoms with Crippen LogP contribution in [-0.4, -0.2) is 73.4 Å². The van der Waals surface area contributed by atoms with Crippen LogP contribution >= 0.6 is 0 Å². The van der Waals surface area contributed by atoms with Crippen LogP contribution in [-0.2, 0) is 37.9 Å². The maximum atomic E-state index is 12.0. The minimum atomic E-state index is -0.869. The number of carbonyl (C=O) groups is 1. The van der Waals surface area contributed by atoms with E-state index in [2.05, 4.69) is 0 Å². The van der Waals surface area contributed by atoms with Gasteiger partial charge in [0.2, 0.25) is 0 Å². The van der Waals surface area contributed by atoms with Crippen LogP contribution in [0.15, 0.2) is 0 Å². The molecule has 4 aliphatic rings. The maximum Gasteiger partial charge on any atom is 0.509 e. The molecule has 4 heterocycles. The smallest absolute Gasteiger partial charge is 0.426 e. The standard InChI is InChI=1S/C18H28O9/c1-16(2)21-8-10(24-16)12-14(27-18(5,6)26-12)13-11-9(22-15(19)23-13)7-20-17(3,4)25-11/h9-14H,7-8H2,1-6H3/t9-,10+,11-,12+,13+,14-/m0/s1. The quantitative estimate of drug-likeness (QED) is 0.656. The van der Waals surface area contributed by atoms with Crippen molar-refractivity contribution in [3.05, 3.63) is 0 Å². The van der Waals surface area contributed by atoms with Crippen molar-refractivity contribution in [2.75, 3.05) is 13.2 Å². The summed E-state index contributed by atoms with van der Waals surface area (Å²) in [5.74, 6) is -2.41. The fourth-order valence-electron chi connectivity index (χ4n) is 4.01. The Morgan fingerprint density at radius 3 is 1.81 bits per heavy atom. The summed E-state index contributed by atoms with van der Waals surface area (Å²) in [6.45, 7) is 11.5. The average molecular weight is 388 g/mol. The van der Waals surface area contributed by atoms with Crippen LogP contribution in [0, 0.1) is 0 Å². The van der Waals surface area contributed by atoms with Gasteiger partial charge >= 0.3 is 6.16 Å². The van der Waals surface area contributed by atoms with Crippen molar-refractivity contribution in [2.45, 2.75) is 95.5 Å². The third-order valence-corrected chi connectivity index (χ3v) is 5.07. The minimum absolute atomic E-state index is 0.223. The zero-order valence-corrected chi connectivity index (χ0v) is 16.6. The molecule has 9 nitrogen and oxygen atoms in total. The summed E-state index contributed by atoms with van der Waals surface area (Å²) < 4.78 is 46.4. The van der Waals surface area contributed by atoms with Gasteiger partial charge in [0, 0.05) is 0 Å². The molecular formula is C18H28O9. The molecule has 0 aliphatic carbocycles. The van der Waals surface area contributed by atoms with Crippen LogP contribution in [0.2, 0.25) is 0 Å². The largest absolute Gasteiger partial charge is 0.509 e. The fraction of sp³-hybridized carbons (Fsp3) is 0.944.